The predicted molar refractivity (Wildman–Crippen MR) is 104 cm³/mol. The second-order valence-electron chi connectivity index (χ2n) is 8.03. The van der Waals surface area contributed by atoms with E-state index in [4.69, 9.17) is 9.47 Å². The van der Waals surface area contributed by atoms with Crippen molar-refractivity contribution in [2.75, 3.05) is 13.2 Å². The first-order valence-corrected chi connectivity index (χ1v) is 9.98. The van der Waals surface area contributed by atoms with Crippen LogP contribution in [0.4, 0.5) is 0 Å². The normalized spacial score (nSPS) is 26.1. The van der Waals surface area contributed by atoms with Gasteiger partial charge in [-0.05, 0) is 62.3 Å². The van der Waals surface area contributed by atoms with Gasteiger partial charge >= 0.3 is 0 Å². The molecule has 2 fully saturated rings. The van der Waals surface area contributed by atoms with Gasteiger partial charge in [-0.1, -0.05) is 29.8 Å². The smallest absolute Gasteiger partial charge is 0.254 e. The summed E-state index contributed by atoms with van der Waals surface area (Å²) in [6.07, 6.45) is 4.36. The standard InChI is InChI=1S/C23H25NO3/c1-15-2-4-16(5-3-15)18-12-19-7-8-20(13-18)24(19)23(25)17-6-9-21-22(14-17)27-11-10-26-21/h2-6,9,14,18-20H,7-8,10-13H2,1H3/t18-,19+,20-. The maximum atomic E-state index is 13.3. The van der Waals surface area contributed by atoms with Crippen LogP contribution in [-0.2, 0) is 0 Å². The van der Waals surface area contributed by atoms with Crippen LogP contribution >= 0.6 is 0 Å². The van der Waals surface area contributed by atoms with Crippen molar-refractivity contribution in [1.82, 2.24) is 4.90 Å². The SMILES string of the molecule is Cc1ccc([C@H]2C[C@H]3CC[C@@H](C2)N3C(=O)c2ccc3c(c2)OCCO3)cc1. The van der Waals surface area contributed by atoms with Crippen LogP contribution in [0, 0.1) is 6.92 Å². The molecular formula is C23H25NO3. The zero-order chi connectivity index (χ0) is 18.4. The molecule has 2 saturated heterocycles. The number of benzene rings is 2. The van der Waals surface area contributed by atoms with Gasteiger partial charge in [0.2, 0.25) is 0 Å². The Balaban J connectivity index is 1.36. The van der Waals surface area contributed by atoms with Crippen LogP contribution in [0.25, 0.3) is 0 Å². The van der Waals surface area contributed by atoms with E-state index in [1.165, 1.54) is 11.1 Å². The van der Waals surface area contributed by atoms with Crippen LogP contribution in [-0.4, -0.2) is 36.1 Å². The van der Waals surface area contributed by atoms with E-state index in [0.29, 0.717) is 42.5 Å². The Morgan fingerprint density at radius 2 is 1.59 bits per heavy atom. The molecule has 3 heterocycles. The van der Waals surface area contributed by atoms with Crippen LogP contribution in [0.5, 0.6) is 11.5 Å². The number of hydrogen-bond donors (Lipinski definition) is 0. The first-order valence-electron chi connectivity index (χ1n) is 9.98. The third kappa shape index (κ3) is 2.97. The van der Waals surface area contributed by atoms with E-state index in [1.807, 2.05) is 18.2 Å². The van der Waals surface area contributed by atoms with Crippen molar-refractivity contribution in [2.45, 2.75) is 50.6 Å². The average Bonchev–Trinajstić information content (AvgIpc) is 2.97. The molecule has 4 heteroatoms. The summed E-state index contributed by atoms with van der Waals surface area (Å²) in [6.45, 7) is 3.23. The Kier molecular flexibility index (Phi) is 4.07. The number of carbonyl (C=O) groups excluding carboxylic acids is 1. The second kappa shape index (κ2) is 6.59. The summed E-state index contributed by atoms with van der Waals surface area (Å²) in [6, 6.07) is 15.2. The largest absolute Gasteiger partial charge is 0.486 e. The van der Waals surface area contributed by atoms with E-state index in [2.05, 4.69) is 36.1 Å². The second-order valence-corrected chi connectivity index (χ2v) is 8.03. The fraction of sp³-hybridized carbons (Fsp3) is 0.435. The molecule has 140 valence electrons. The average molecular weight is 363 g/mol. The lowest BCUT2D eigenvalue weighted by Crippen LogP contribution is -2.46. The van der Waals surface area contributed by atoms with Crippen molar-refractivity contribution < 1.29 is 14.3 Å². The molecule has 27 heavy (non-hydrogen) atoms. The maximum absolute atomic E-state index is 13.3. The van der Waals surface area contributed by atoms with Crippen molar-refractivity contribution in [2.24, 2.45) is 0 Å². The molecule has 3 aliphatic rings. The molecule has 0 spiro atoms. The number of aryl methyl sites for hydroxylation is 1. The summed E-state index contributed by atoms with van der Waals surface area (Å²) in [5.74, 6) is 2.13. The maximum Gasteiger partial charge on any atom is 0.254 e. The van der Waals surface area contributed by atoms with Gasteiger partial charge in [0.05, 0.1) is 0 Å². The van der Waals surface area contributed by atoms with Crippen LogP contribution < -0.4 is 9.47 Å². The minimum Gasteiger partial charge on any atom is -0.486 e. The Morgan fingerprint density at radius 1 is 0.926 bits per heavy atom. The number of rotatable bonds is 2. The molecule has 3 atom stereocenters. The number of nitrogens with zero attached hydrogens (tertiary/aromatic N) is 1. The van der Waals surface area contributed by atoms with Gasteiger partial charge in [-0.2, -0.15) is 0 Å². The van der Waals surface area contributed by atoms with Crippen LogP contribution in [0.3, 0.4) is 0 Å². The lowest BCUT2D eigenvalue weighted by molar-refractivity contribution is 0.0570. The van der Waals surface area contributed by atoms with E-state index in [9.17, 15) is 4.79 Å². The molecule has 1 amide bonds. The van der Waals surface area contributed by atoms with E-state index in [-0.39, 0.29) is 5.91 Å². The monoisotopic (exact) mass is 363 g/mol. The fourth-order valence-corrected chi connectivity index (χ4v) is 4.94. The van der Waals surface area contributed by atoms with Crippen molar-refractivity contribution in [3.8, 4) is 11.5 Å². The molecule has 2 aromatic carbocycles. The summed E-state index contributed by atoms with van der Waals surface area (Å²) in [4.78, 5) is 15.4. The van der Waals surface area contributed by atoms with E-state index in [1.54, 1.807) is 0 Å². The number of amides is 1. The van der Waals surface area contributed by atoms with Gasteiger partial charge in [0.25, 0.3) is 5.91 Å². The molecule has 3 aliphatic heterocycles. The van der Waals surface area contributed by atoms with Gasteiger partial charge in [0.15, 0.2) is 11.5 Å². The van der Waals surface area contributed by atoms with Crippen molar-refractivity contribution in [1.29, 1.82) is 0 Å². The minimum atomic E-state index is 0.141. The molecule has 2 aromatic rings. The van der Waals surface area contributed by atoms with E-state index in [0.717, 1.165) is 31.4 Å². The lowest BCUT2D eigenvalue weighted by Gasteiger charge is -2.39. The van der Waals surface area contributed by atoms with Gasteiger partial charge in [-0.15, -0.1) is 0 Å². The third-order valence-corrected chi connectivity index (χ3v) is 6.31. The molecule has 0 radical (unpaired) electrons. The van der Waals surface area contributed by atoms with Gasteiger partial charge in [0, 0.05) is 17.6 Å². The van der Waals surface area contributed by atoms with Gasteiger partial charge in [-0.25, -0.2) is 0 Å². The number of fused-ring (bicyclic) bond motifs is 3. The molecule has 5 rings (SSSR count). The molecular weight excluding hydrogens is 338 g/mol. The summed E-state index contributed by atoms with van der Waals surface area (Å²) in [5.41, 5.74) is 3.43. The highest BCUT2D eigenvalue weighted by atomic mass is 16.6. The van der Waals surface area contributed by atoms with Crippen molar-refractivity contribution >= 4 is 5.91 Å². The molecule has 0 aromatic heterocycles. The number of ether oxygens (including phenoxy) is 2. The molecule has 0 aliphatic carbocycles. The van der Waals surface area contributed by atoms with Crippen molar-refractivity contribution in [3.05, 3.63) is 59.2 Å². The molecule has 0 saturated carbocycles. The minimum absolute atomic E-state index is 0.141. The summed E-state index contributed by atoms with van der Waals surface area (Å²) in [7, 11) is 0. The zero-order valence-electron chi connectivity index (χ0n) is 15.7. The first kappa shape index (κ1) is 16.7. The van der Waals surface area contributed by atoms with Gasteiger partial charge in [0.1, 0.15) is 13.2 Å². The Labute approximate surface area is 160 Å². The number of hydrogen-bond acceptors (Lipinski definition) is 3. The highest BCUT2D eigenvalue weighted by molar-refractivity contribution is 5.95. The van der Waals surface area contributed by atoms with Crippen LogP contribution in [0.2, 0.25) is 0 Å². The topological polar surface area (TPSA) is 38.8 Å². The van der Waals surface area contributed by atoms with Crippen LogP contribution in [0.1, 0.15) is 53.1 Å². The Morgan fingerprint density at radius 3 is 2.30 bits per heavy atom. The first-order chi connectivity index (χ1) is 13.2. The van der Waals surface area contributed by atoms with Crippen LogP contribution in [0.15, 0.2) is 42.5 Å². The van der Waals surface area contributed by atoms with E-state index < -0.39 is 0 Å². The van der Waals surface area contributed by atoms with E-state index >= 15 is 0 Å². The summed E-state index contributed by atoms with van der Waals surface area (Å²) >= 11 is 0. The number of carbonyl (C=O) groups is 1. The Bertz CT molecular complexity index is 846. The highest BCUT2D eigenvalue weighted by Crippen LogP contribution is 2.44. The lowest BCUT2D eigenvalue weighted by atomic mass is 9.84. The van der Waals surface area contributed by atoms with Gasteiger partial charge in [-0.3, -0.25) is 4.79 Å². The summed E-state index contributed by atoms with van der Waals surface area (Å²) < 4.78 is 11.2. The molecule has 2 bridgehead atoms. The molecule has 0 unspecified atom stereocenters. The third-order valence-electron chi connectivity index (χ3n) is 6.31. The Hall–Kier alpha value is -2.49. The quantitative estimate of drug-likeness (QED) is 0.798. The molecule has 4 nitrogen and oxygen atoms in total. The highest BCUT2D eigenvalue weighted by Gasteiger charge is 2.43. The summed E-state index contributed by atoms with van der Waals surface area (Å²) in [5, 5.41) is 0. The zero-order valence-corrected chi connectivity index (χ0v) is 15.7. The number of piperidine rings is 1. The van der Waals surface area contributed by atoms with Crippen molar-refractivity contribution in [3.63, 3.8) is 0 Å². The molecule has 0 N–H and O–H groups in total. The predicted octanol–water partition coefficient (Wildman–Crippen LogP) is 4.32. The van der Waals surface area contributed by atoms with Gasteiger partial charge < -0.3 is 14.4 Å². The fourth-order valence-electron chi connectivity index (χ4n) is 4.94.